The molecule has 0 aromatic rings. The third kappa shape index (κ3) is 23.6. The van der Waals surface area contributed by atoms with Crippen molar-refractivity contribution in [2.24, 2.45) is 0 Å². The minimum absolute atomic E-state index is 0.0395. The molecule has 0 N–H and O–H groups in total. The highest BCUT2D eigenvalue weighted by atomic mass is 16.6. The fourth-order valence-corrected chi connectivity index (χ4v) is 3.41. The van der Waals surface area contributed by atoms with Crippen molar-refractivity contribution in [3.8, 4) is 18.2 Å². The second-order valence-corrected chi connectivity index (χ2v) is 10.9. The fourth-order valence-electron chi connectivity index (χ4n) is 3.41. The third-order valence-corrected chi connectivity index (χ3v) is 6.47. The lowest BCUT2D eigenvalue weighted by molar-refractivity contribution is -0.161. The van der Waals surface area contributed by atoms with Crippen molar-refractivity contribution >= 4 is 35.8 Å². The van der Waals surface area contributed by atoms with Gasteiger partial charge in [0.05, 0.1) is 19.6 Å². The first kappa shape index (κ1) is 49.4. The van der Waals surface area contributed by atoms with E-state index in [0.29, 0.717) is 0 Å². The smallest absolute Gasteiger partial charge is 0.349 e. The highest BCUT2D eigenvalue weighted by Gasteiger charge is 2.23. The Morgan fingerprint density at radius 3 is 1.11 bits per heavy atom. The van der Waals surface area contributed by atoms with Gasteiger partial charge in [-0.1, -0.05) is 19.7 Å². The average molecular weight is 789 g/mol. The summed E-state index contributed by atoms with van der Waals surface area (Å²) >= 11 is 0. The Balaban J connectivity index is 5.91. The van der Waals surface area contributed by atoms with E-state index >= 15 is 0 Å². The number of carbonyl (C=O) groups is 6. The summed E-state index contributed by atoms with van der Waals surface area (Å²) in [5, 5.41) is 28.6. The zero-order valence-corrected chi connectivity index (χ0v) is 31.9. The molecule has 0 heterocycles. The molecule has 0 unspecified atom stereocenters. The van der Waals surface area contributed by atoms with E-state index < -0.39 is 71.9 Å². The molecule has 0 aromatic carbocycles. The first-order valence-corrected chi connectivity index (χ1v) is 16.6. The summed E-state index contributed by atoms with van der Waals surface area (Å²) in [5.74, 6) is -5.25. The van der Waals surface area contributed by atoms with Gasteiger partial charge in [-0.2, -0.15) is 15.8 Å². The molecule has 0 fully saturated rings. The van der Waals surface area contributed by atoms with Crippen LogP contribution < -0.4 is 0 Å². The molecule has 18 heteroatoms. The summed E-state index contributed by atoms with van der Waals surface area (Å²) in [4.78, 5) is 76.8. The number of rotatable bonds is 26. The fraction of sp³-hybridized carbons (Fsp3) is 0.308. The topological polar surface area (TPSA) is 239 Å². The SMILES string of the molecule is C=CC(=O)OCCN(C)/C=C/C=C(/C#N)C(=O)OCC(COC(=O)/C(C#N)=C\C=C\N(C)CCOC(=O)C=C)OC(=O)/C(C#N)=C\C=C\N(C)CCOC(=O)C=C. The number of nitrogens with zero attached hydrogens (tertiary/aromatic N) is 6. The summed E-state index contributed by atoms with van der Waals surface area (Å²) in [6.07, 6.45) is 13.5. The summed E-state index contributed by atoms with van der Waals surface area (Å²) in [6.45, 7) is 9.38. The zero-order chi connectivity index (χ0) is 43.0. The van der Waals surface area contributed by atoms with Crippen LogP contribution in [-0.2, 0) is 57.2 Å². The van der Waals surface area contributed by atoms with E-state index in [1.54, 1.807) is 54.1 Å². The number of ether oxygens (including phenoxy) is 6. The van der Waals surface area contributed by atoms with Gasteiger partial charge in [-0.05, 0) is 55.1 Å². The van der Waals surface area contributed by atoms with Crippen LogP contribution in [0.4, 0.5) is 0 Å². The molecule has 0 aliphatic rings. The quantitative estimate of drug-likeness (QED) is 0.0399. The number of carbonyl (C=O) groups excluding carboxylic acids is 6. The monoisotopic (exact) mass is 788 g/mol. The summed E-state index contributed by atoms with van der Waals surface area (Å²) in [6, 6.07) is 5.03. The van der Waals surface area contributed by atoms with E-state index in [4.69, 9.17) is 28.4 Å². The summed E-state index contributed by atoms with van der Waals surface area (Å²) in [7, 11) is 4.93. The largest absolute Gasteiger partial charge is 0.461 e. The van der Waals surface area contributed by atoms with Crippen LogP contribution >= 0.6 is 0 Å². The number of esters is 6. The van der Waals surface area contributed by atoms with Gasteiger partial charge in [0.2, 0.25) is 0 Å². The standard InChI is InChI=1S/C39H44N6O12/c1-7-34(46)52-22-19-43(4)16-10-13-30(25-40)37(49)55-28-33(57-39(51)32(27-42)15-12-18-45(6)21-24-54-36(48)9-3)29-56-38(50)31(26-41)14-11-17-44(5)20-23-53-35(47)8-2/h7-18,33H,1-3,19-24,28-29H2,4-6H3/b16-10+,17-11+,18-12+,30-13-,31-14-,32-15-. The maximum absolute atomic E-state index is 13.0. The molecule has 302 valence electrons. The van der Waals surface area contributed by atoms with Gasteiger partial charge in [-0.3, -0.25) is 0 Å². The molecule has 57 heavy (non-hydrogen) atoms. The lowest BCUT2D eigenvalue weighted by Gasteiger charge is -2.18. The highest BCUT2D eigenvalue weighted by Crippen LogP contribution is 2.08. The Kier molecular flexibility index (Phi) is 25.8. The number of nitriles is 3. The number of likely N-dealkylation sites (N-methyl/N-ethyl adjacent to an activating group) is 3. The second-order valence-electron chi connectivity index (χ2n) is 10.9. The van der Waals surface area contributed by atoms with Crippen LogP contribution in [-0.4, -0.2) is 130 Å². The van der Waals surface area contributed by atoms with Crippen molar-refractivity contribution in [1.29, 1.82) is 15.8 Å². The second kappa shape index (κ2) is 29.8. The Morgan fingerprint density at radius 2 is 0.825 bits per heavy atom. The first-order chi connectivity index (χ1) is 27.2. The van der Waals surface area contributed by atoms with Gasteiger partial charge in [-0.25, -0.2) is 28.8 Å². The van der Waals surface area contributed by atoms with Gasteiger partial charge in [0.15, 0.2) is 6.10 Å². The molecule has 0 saturated carbocycles. The van der Waals surface area contributed by atoms with Gasteiger partial charge >= 0.3 is 35.8 Å². The number of hydrogen-bond donors (Lipinski definition) is 0. The predicted molar refractivity (Wildman–Crippen MR) is 202 cm³/mol. The normalized spacial score (nSPS) is 11.9. The molecule has 0 atom stereocenters. The van der Waals surface area contributed by atoms with Crippen molar-refractivity contribution in [3.05, 3.63) is 110 Å². The number of hydrogen-bond acceptors (Lipinski definition) is 18. The average Bonchev–Trinajstić information content (AvgIpc) is 3.19. The lowest BCUT2D eigenvalue weighted by Crippen LogP contribution is -2.31. The van der Waals surface area contributed by atoms with E-state index in [1.165, 1.54) is 36.8 Å². The molecule has 0 aromatic heterocycles. The summed E-state index contributed by atoms with van der Waals surface area (Å²) < 4.78 is 30.3. The Morgan fingerprint density at radius 1 is 0.526 bits per heavy atom. The van der Waals surface area contributed by atoms with Crippen LogP contribution in [0, 0.1) is 34.0 Å². The van der Waals surface area contributed by atoms with Gasteiger partial charge in [0, 0.05) is 39.4 Å². The van der Waals surface area contributed by atoms with Crippen LogP contribution in [0.2, 0.25) is 0 Å². The van der Waals surface area contributed by atoms with Crippen LogP contribution in [0.5, 0.6) is 0 Å². The minimum atomic E-state index is -1.52. The van der Waals surface area contributed by atoms with E-state index in [0.717, 1.165) is 36.5 Å². The van der Waals surface area contributed by atoms with Crippen molar-refractivity contribution in [2.45, 2.75) is 6.10 Å². The van der Waals surface area contributed by atoms with Crippen LogP contribution in [0.3, 0.4) is 0 Å². The summed E-state index contributed by atoms with van der Waals surface area (Å²) in [5.41, 5.74) is -1.43. The Hall–Kier alpha value is -7.65. The molecule has 0 aliphatic heterocycles. The van der Waals surface area contributed by atoms with Gasteiger partial charge in [0.1, 0.15) is 68.0 Å². The molecule has 0 radical (unpaired) electrons. The molecule has 0 aliphatic carbocycles. The lowest BCUT2D eigenvalue weighted by atomic mass is 10.2. The van der Waals surface area contributed by atoms with Crippen LogP contribution in [0.25, 0.3) is 0 Å². The highest BCUT2D eigenvalue weighted by molar-refractivity contribution is 5.94. The number of allylic oxidation sites excluding steroid dienone is 6. The molecule has 18 nitrogen and oxygen atoms in total. The maximum atomic E-state index is 13.0. The van der Waals surface area contributed by atoms with Crippen molar-refractivity contribution in [2.75, 3.05) is 73.8 Å². The molecule has 0 amide bonds. The van der Waals surface area contributed by atoms with Gasteiger partial charge in [0.25, 0.3) is 0 Å². The molecule has 0 rings (SSSR count). The van der Waals surface area contributed by atoms with Crippen molar-refractivity contribution in [3.63, 3.8) is 0 Å². The van der Waals surface area contributed by atoms with Crippen LogP contribution in [0.1, 0.15) is 0 Å². The molecular weight excluding hydrogens is 744 g/mol. The molecular formula is C39H44N6O12. The predicted octanol–water partition coefficient (Wildman–Crippen LogP) is 1.86. The zero-order valence-electron chi connectivity index (χ0n) is 31.9. The maximum Gasteiger partial charge on any atom is 0.349 e. The Bertz CT molecular complexity index is 1690. The third-order valence-electron chi connectivity index (χ3n) is 6.47. The minimum Gasteiger partial charge on any atom is -0.461 e. The van der Waals surface area contributed by atoms with Crippen molar-refractivity contribution in [1.82, 2.24) is 14.7 Å². The van der Waals surface area contributed by atoms with E-state index in [1.807, 2.05) is 0 Å². The van der Waals surface area contributed by atoms with Crippen molar-refractivity contribution < 1.29 is 57.2 Å². The van der Waals surface area contributed by atoms with Crippen LogP contribution in [0.15, 0.2) is 110 Å². The van der Waals surface area contributed by atoms with Gasteiger partial charge in [-0.15, -0.1) is 0 Å². The first-order valence-electron chi connectivity index (χ1n) is 16.6. The van der Waals surface area contributed by atoms with E-state index in [-0.39, 0.29) is 39.5 Å². The Labute approximate surface area is 331 Å². The molecule has 0 bridgehead atoms. The van der Waals surface area contributed by atoms with Gasteiger partial charge < -0.3 is 43.1 Å². The molecule has 0 spiro atoms. The van der Waals surface area contributed by atoms with E-state index in [2.05, 4.69) is 19.7 Å². The molecule has 0 saturated heterocycles. The van der Waals surface area contributed by atoms with E-state index in [9.17, 15) is 44.6 Å².